The molecule has 8 heteroatoms. The van der Waals surface area contributed by atoms with Crippen LogP contribution in [0.25, 0.3) is 11.1 Å². The summed E-state index contributed by atoms with van der Waals surface area (Å²) in [5.41, 5.74) is 14.0. The molecule has 0 amide bonds. The summed E-state index contributed by atoms with van der Waals surface area (Å²) in [5.74, 6) is -1.08. The van der Waals surface area contributed by atoms with Crippen LogP contribution in [0, 0.1) is 0 Å². The van der Waals surface area contributed by atoms with E-state index in [-0.39, 0.29) is 6.15 Å². The SMILES string of the molecule is N.NC1(c2cc(Cl)c(-c3ccc(Cl)cc3)c(Cl)c2)N=CNN1. The number of hydrogen-bond donors (Lipinski definition) is 4. The van der Waals surface area contributed by atoms with Gasteiger partial charge in [-0.1, -0.05) is 46.9 Å². The van der Waals surface area contributed by atoms with Crippen molar-refractivity contribution in [2.45, 2.75) is 5.79 Å². The normalized spacial score (nSPS) is 19.6. The van der Waals surface area contributed by atoms with Crippen LogP contribution < -0.4 is 22.7 Å². The maximum Gasteiger partial charge on any atom is 0.206 e. The molecule has 1 atom stereocenters. The van der Waals surface area contributed by atoms with Crippen LogP contribution in [0.2, 0.25) is 15.1 Å². The zero-order valence-corrected chi connectivity index (χ0v) is 13.7. The third kappa shape index (κ3) is 3.05. The number of aliphatic imine (C=N–C) groups is 1. The van der Waals surface area contributed by atoms with E-state index in [0.717, 1.165) is 11.1 Å². The lowest BCUT2D eigenvalue weighted by atomic mass is 10.0. The number of benzene rings is 2. The van der Waals surface area contributed by atoms with Gasteiger partial charge in [0.25, 0.3) is 0 Å². The zero-order chi connectivity index (χ0) is 15.0. The van der Waals surface area contributed by atoms with E-state index in [1.54, 1.807) is 24.3 Å². The minimum atomic E-state index is -1.08. The molecular weight excluding hydrogens is 345 g/mol. The largest absolute Gasteiger partial charge is 0.344 e. The number of rotatable bonds is 2. The van der Waals surface area contributed by atoms with Gasteiger partial charge in [0.1, 0.15) is 6.34 Å². The van der Waals surface area contributed by atoms with Crippen molar-refractivity contribution < 1.29 is 0 Å². The van der Waals surface area contributed by atoms with Gasteiger partial charge >= 0.3 is 0 Å². The third-order valence-electron chi connectivity index (χ3n) is 3.21. The van der Waals surface area contributed by atoms with Gasteiger partial charge in [-0.2, -0.15) is 5.43 Å². The Morgan fingerprint density at radius 3 is 2.09 bits per heavy atom. The van der Waals surface area contributed by atoms with Crippen molar-refractivity contribution in [1.82, 2.24) is 17.0 Å². The van der Waals surface area contributed by atoms with Crippen LogP contribution in [0.4, 0.5) is 0 Å². The first-order valence-electron chi connectivity index (χ1n) is 6.10. The smallest absolute Gasteiger partial charge is 0.206 e. The first-order chi connectivity index (χ1) is 9.99. The van der Waals surface area contributed by atoms with E-state index in [1.807, 2.05) is 12.1 Å². The number of halogens is 3. The summed E-state index contributed by atoms with van der Waals surface area (Å²) < 4.78 is 0. The van der Waals surface area contributed by atoms with Gasteiger partial charge in [-0.15, -0.1) is 0 Å². The van der Waals surface area contributed by atoms with E-state index in [0.29, 0.717) is 20.6 Å². The average molecular weight is 359 g/mol. The molecule has 0 aliphatic carbocycles. The number of hydrazine groups is 1. The fraction of sp³-hybridized carbons (Fsp3) is 0.0714. The van der Waals surface area contributed by atoms with Gasteiger partial charge < -0.3 is 11.6 Å². The Labute approximate surface area is 143 Å². The molecule has 0 radical (unpaired) electrons. The Hall–Kier alpha value is -1.34. The third-order valence-corrected chi connectivity index (χ3v) is 4.06. The molecule has 3 rings (SSSR count). The number of hydrogen-bond acceptors (Lipinski definition) is 5. The lowest BCUT2D eigenvalue weighted by Crippen LogP contribution is -2.49. The molecule has 2 aromatic carbocycles. The highest BCUT2D eigenvalue weighted by Crippen LogP contribution is 2.38. The first kappa shape index (κ1) is 17.0. The van der Waals surface area contributed by atoms with Gasteiger partial charge in [0.05, 0.1) is 10.0 Å². The summed E-state index contributed by atoms with van der Waals surface area (Å²) in [4.78, 5) is 4.13. The van der Waals surface area contributed by atoms with Gasteiger partial charge in [-0.25, -0.2) is 4.99 Å². The summed E-state index contributed by atoms with van der Waals surface area (Å²) >= 11 is 18.6. The highest BCUT2D eigenvalue weighted by atomic mass is 35.5. The summed E-state index contributed by atoms with van der Waals surface area (Å²) in [6, 6.07) is 10.8. The Balaban J connectivity index is 0.00000176. The van der Waals surface area contributed by atoms with Crippen LogP contribution >= 0.6 is 34.8 Å². The van der Waals surface area contributed by atoms with Crippen molar-refractivity contribution in [2.75, 3.05) is 0 Å². The standard InChI is InChI=1S/C14H11Cl3N4.H3N/c15-10-3-1-8(2-4-10)13-11(16)5-9(6-12(13)17)14(18)19-7-20-21-14;/h1-7,21H,18H2,(H,19,20);1H3. The number of nitrogens with one attached hydrogen (secondary N) is 2. The molecule has 22 heavy (non-hydrogen) atoms. The molecule has 2 aromatic rings. The van der Waals surface area contributed by atoms with Crippen LogP contribution in [-0.2, 0) is 5.79 Å². The second-order valence-corrected chi connectivity index (χ2v) is 5.87. The molecular formula is C14H14Cl3N5. The highest BCUT2D eigenvalue weighted by molar-refractivity contribution is 6.39. The molecule has 0 fully saturated rings. The minimum Gasteiger partial charge on any atom is -0.344 e. The predicted octanol–water partition coefficient (Wildman–Crippen LogP) is 3.68. The minimum absolute atomic E-state index is 0. The van der Waals surface area contributed by atoms with Gasteiger partial charge in [-0.05, 0) is 29.8 Å². The summed E-state index contributed by atoms with van der Waals surface area (Å²) in [7, 11) is 0. The molecule has 116 valence electrons. The van der Waals surface area contributed by atoms with Crippen molar-refractivity contribution in [3.63, 3.8) is 0 Å². The second kappa shape index (κ2) is 6.42. The van der Waals surface area contributed by atoms with Gasteiger partial charge in [-0.3, -0.25) is 5.73 Å². The van der Waals surface area contributed by atoms with E-state index < -0.39 is 5.79 Å². The summed E-state index contributed by atoms with van der Waals surface area (Å²) in [6.45, 7) is 0. The Morgan fingerprint density at radius 1 is 1.00 bits per heavy atom. The highest BCUT2D eigenvalue weighted by Gasteiger charge is 2.30. The molecule has 0 saturated heterocycles. The van der Waals surface area contributed by atoms with Crippen LogP contribution in [-0.4, -0.2) is 6.34 Å². The van der Waals surface area contributed by atoms with Crippen molar-refractivity contribution >= 4 is 41.1 Å². The predicted molar refractivity (Wildman–Crippen MR) is 92.6 cm³/mol. The fourth-order valence-corrected chi connectivity index (χ4v) is 2.97. The average Bonchev–Trinajstić information content (AvgIpc) is 2.88. The molecule has 0 bridgehead atoms. The van der Waals surface area contributed by atoms with Crippen molar-refractivity contribution in [3.8, 4) is 11.1 Å². The molecule has 0 saturated carbocycles. The number of nitrogens with two attached hydrogens (primary N) is 1. The van der Waals surface area contributed by atoms with Crippen LogP contribution in [0.1, 0.15) is 5.56 Å². The topological polar surface area (TPSA) is 97.4 Å². The van der Waals surface area contributed by atoms with Crippen LogP contribution in [0.15, 0.2) is 41.4 Å². The fourth-order valence-electron chi connectivity index (χ4n) is 2.14. The van der Waals surface area contributed by atoms with E-state index in [2.05, 4.69) is 15.8 Å². The lowest BCUT2D eigenvalue weighted by molar-refractivity contribution is 0.375. The Kier molecular flexibility index (Phi) is 4.97. The second-order valence-electron chi connectivity index (χ2n) is 4.62. The van der Waals surface area contributed by atoms with Crippen molar-refractivity contribution in [1.29, 1.82) is 0 Å². The Bertz CT molecular complexity index is 694. The zero-order valence-electron chi connectivity index (χ0n) is 11.4. The molecule has 1 aliphatic heterocycles. The monoisotopic (exact) mass is 357 g/mol. The van der Waals surface area contributed by atoms with Gasteiger partial charge in [0.15, 0.2) is 0 Å². The van der Waals surface area contributed by atoms with E-state index >= 15 is 0 Å². The van der Waals surface area contributed by atoms with E-state index in [4.69, 9.17) is 40.5 Å². The molecule has 0 aromatic heterocycles. The van der Waals surface area contributed by atoms with Crippen LogP contribution in [0.3, 0.4) is 0 Å². The van der Waals surface area contributed by atoms with E-state index in [9.17, 15) is 0 Å². The number of nitrogens with zero attached hydrogens (tertiary/aromatic N) is 1. The maximum absolute atomic E-state index is 6.38. The maximum atomic E-state index is 6.38. The Morgan fingerprint density at radius 2 is 1.59 bits per heavy atom. The van der Waals surface area contributed by atoms with Crippen molar-refractivity contribution in [2.24, 2.45) is 10.7 Å². The molecule has 1 heterocycles. The van der Waals surface area contributed by atoms with Gasteiger partial charge in [0.2, 0.25) is 5.79 Å². The van der Waals surface area contributed by atoms with Crippen molar-refractivity contribution in [3.05, 3.63) is 57.0 Å². The molecule has 5 nitrogen and oxygen atoms in total. The lowest BCUT2D eigenvalue weighted by Gasteiger charge is -2.22. The summed E-state index contributed by atoms with van der Waals surface area (Å²) in [6.07, 6.45) is 1.48. The summed E-state index contributed by atoms with van der Waals surface area (Å²) in [5, 5.41) is 1.64. The first-order valence-corrected chi connectivity index (χ1v) is 7.24. The molecule has 0 spiro atoms. The molecule has 1 aliphatic rings. The quantitative estimate of drug-likeness (QED) is 0.658. The molecule has 7 N–H and O–H groups in total. The van der Waals surface area contributed by atoms with Gasteiger partial charge in [0, 0.05) is 16.1 Å². The van der Waals surface area contributed by atoms with E-state index in [1.165, 1.54) is 6.34 Å². The molecule has 1 unspecified atom stereocenters. The van der Waals surface area contributed by atoms with Crippen LogP contribution in [0.5, 0.6) is 0 Å².